The van der Waals surface area contributed by atoms with Crippen molar-refractivity contribution >= 4 is 49.2 Å². The lowest BCUT2D eigenvalue weighted by Crippen LogP contribution is -2.30. The molecule has 3 heterocycles. The van der Waals surface area contributed by atoms with Crippen LogP contribution in [0.3, 0.4) is 0 Å². The summed E-state index contributed by atoms with van der Waals surface area (Å²) in [5.74, 6) is -0.336. The van der Waals surface area contributed by atoms with Gasteiger partial charge in [0.2, 0.25) is 5.91 Å². The number of thiophene rings is 1. The van der Waals surface area contributed by atoms with Crippen LogP contribution in [-0.2, 0) is 11.2 Å². The number of rotatable bonds is 6. The van der Waals surface area contributed by atoms with Crippen molar-refractivity contribution in [2.45, 2.75) is 6.42 Å². The molecule has 5 nitrogen and oxygen atoms in total. The van der Waals surface area contributed by atoms with E-state index in [9.17, 15) is 4.79 Å². The van der Waals surface area contributed by atoms with E-state index in [2.05, 4.69) is 31.2 Å². The first-order chi connectivity index (χ1) is 13.7. The molecule has 0 saturated carbocycles. The van der Waals surface area contributed by atoms with Crippen LogP contribution in [0, 0.1) is 5.92 Å². The SMILES string of the molecule is NCC(Cc1ccccc1)C(=O)Nc1cc(Br)c(-c2ccnc3[nH]ccc23)s1. The lowest BCUT2D eigenvalue weighted by Gasteiger charge is -2.14. The number of pyridine rings is 1. The summed E-state index contributed by atoms with van der Waals surface area (Å²) in [6.45, 7) is 0.300. The van der Waals surface area contributed by atoms with E-state index in [0.717, 1.165) is 36.5 Å². The molecule has 0 radical (unpaired) electrons. The van der Waals surface area contributed by atoms with E-state index in [0.29, 0.717) is 13.0 Å². The highest BCUT2D eigenvalue weighted by Gasteiger charge is 2.20. The van der Waals surface area contributed by atoms with Gasteiger partial charge in [0.1, 0.15) is 5.65 Å². The van der Waals surface area contributed by atoms with Gasteiger partial charge in [0.15, 0.2) is 0 Å². The highest BCUT2D eigenvalue weighted by atomic mass is 79.9. The van der Waals surface area contributed by atoms with Crippen LogP contribution < -0.4 is 11.1 Å². The normalized spacial score (nSPS) is 12.2. The number of benzene rings is 1. The van der Waals surface area contributed by atoms with Crippen LogP contribution >= 0.6 is 27.3 Å². The lowest BCUT2D eigenvalue weighted by molar-refractivity contribution is -0.119. The van der Waals surface area contributed by atoms with E-state index < -0.39 is 0 Å². The molecule has 1 aromatic carbocycles. The first-order valence-corrected chi connectivity index (χ1v) is 10.5. The summed E-state index contributed by atoms with van der Waals surface area (Å²) < 4.78 is 0.939. The zero-order valence-electron chi connectivity index (χ0n) is 15.0. The van der Waals surface area contributed by atoms with E-state index in [-0.39, 0.29) is 11.8 Å². The van der Waals surface area contributed by atoms with Gasteiger partial charge in [-0.25, -0.2) is 4.98 Å². The number of amides is 1. The average Bonchev–Trinajstić information content (AvgIpc) is 3.33. The number of anilines is 1. The molecule has 7 heteroatoms. The highest BCUT2D eigenvalue weighted by Crippen LogP contribution is 2.41. The number of nitrogens with two attached hydrogens (primary N) is 1. The lowest BCUT2D eigenvalue weighted by atomic mass is 9.99. The quantitative estimate of drug-likeness (QED) is 0.390. The Hall–Kier alpha value is -2.48. The maximum atomic E-state index is 12.8. The predicted octanol–water partition coefficient (Wildman–Crippen LogP) is 4.81. The van der Waals surface area contributed by atoms with Gasteiger partial charge in [-0.15, -0.1) is 11.3 Å². The third-order valence-corrected chi connectivity index (χ3v) is 6.59. The number of hydrogen-bond acceptors (Lipinski definition) is 4. The summed E-state index contributed by atoms with van der Waals surface area (Å²) >= 11 is 5.16. The topological polar surface area (TPSA) is 83.8 Å². The summed E-state index contributed by atoms with van der Waals surface area (Å²) in [6, 6.07) is 15.9. The van der Waals surface area contributed by atoms with E-state index in [1.54, 1.807) is 6.20 Å². The van der Waals surface area contributed by atoms with E-state index in [4.69, 9.17) is 5.73 Å². The Morgan fingerprint density at radius 1 is 1.25 bits per heavy atom. The van der Waals surface area contributed by atoms with Gasteiger partial charge in [0, 0.05) is 34.4 Å². The Morgan fingerprint density at radius 2 is 2.07 bits per heavy atom. The highest BCUT2D eigenvalue weighted by molar-refractivity contribution is 9.10. The molecule has 0 fully saturated rings. The minimum Gasteiger partial charge on any atom is -0.346 e. The Bertz CT molecular complexity index is 1110. The molecule has 142 valence electrons. The van der Waals surface area contributed by atoms with Crippen LogP contribution in [0.2, 0.25) is 0 Å². The third-order valence-electron chi connectivity index (χ3n) is 4.62. The Labute approximate surface area is 175 Å². The first-order valence-electron chi connectivity index (χ1n) is 8.92. The number of fused-ring (bicyclic) bond motifs is 1. The fraction of sp³-hybridized carbons (Fsp3) is 0.143. The van der Waals surface area contributed by atoms with Crippen LogP contribution in [0.4, 0.5) is 5.00 Å². The standard InChI is InChI=1S/C21H19BrN4OS/c22-17-11-18(26-21(27)14(12-23)10-13-4-2-1-3-5-13)28-19(17)15-6-8-24-20-16(15)7-9-25-20/h1-9,11,14H,10,12,23H2,(H,24,25)(H,26,27). The second-order valence-corrected chi connectivity index (χ2v) is 8.40. The number of aromatic nitrogens is 2. The number of hydrogen-bond donors (Lipinski definition) is 3. The van der Waals surface area contributed by atoms with Crippen LogP contribution in [0.5, 0.6) is 0 Å². The number of carbonyl (C=O) groups is 1. The number of aromatic amines is 1. The molecular weight excluding hydrogens is 436 g/mol. The Kier molecular flexibility index (Phi) is 5.57. The van der Waals surface area contributed by atoms with Crippen molar-refractivity contribution in [1.29, 1.82) is 0 Å². The van der Waals surface area contributed by atoms with Crippen molar-refractivity contribution in [3.05, 3.63) is 71.0 Å². The van der Waals surface area contributed by atoms with Crippen molar-refractivity contribution in [3.8, 4) is 10.4 Å². The Morgan fingerprint density at radius 3 is 2.86 bits per heavy atom. The van der Waals surface area contributed by atoms with Gasteiger partial charge in [-0.3, -0.25) is 4.79 Å². The molecule has 0 saturated heterocycles. The van der Waals surface area contributed by atoms with Crippen molar-refractivity contribution in [2.75, 3.05) is 11.9 Å². The molecule has 1 unspecified atom stereocenters. The van der Waals surface area contributed by atoms with Gasteiger partial charge in [-0.1, -0.05) is 30.3 Å². The van der Waals surface area contributed by atoms with Gasteiger partial charge in [0.25, 0.3) is 0 Å². The van der Waals surface area contributed by atoms with E-state index in [1.165, 1.54) is 11.3 Å². The van der Waals surface area contributed by atoms with Crippen LogP contribution in [0.15, 0.2) is 65.4 Å². The number of carbonyl (C=O) groups excluding carboxylic acids is 1. The summed E-state index contributed by atoms with van der Waals surface area (Å²) in [4.78, 5) is 21.3. The summed E-state index contributed by atoms with van der Waals surface area (Å²) in [7, 11) is 0. The zero-order chi connectivity index (χ0) is 19.5. The molecule has 4 aromatic rings. The van der Waals surface area contributed by atoms with Crippen molar-refractivity contribution < 1.29 is 4.79 Å². The molecular formula is C21H19BrN4OS. The first kappa shape index (κ1) is 18.9. The van der Waals surface area contributed by atoms with E-state index >= 15 is 0 Å². The van der Waals surface area contributed by atoms with Crippen molar-refractivity contribution in [1.82, 2.24) is 9.97 Å². The summed E-state index contributed by atoms with van der Waals surface area (Å²) in [5.41, 5.74) is 8.89. The van der Waals surface area contributed by atoms with Crippen molar-refractivity contribution in [2.24, 2.45) is 11.7 Å². The molecule has 0 spiro atoms. The molecule has 1 amide bonds. The van der Waals surface area contributed by atoms with E-state index in [1.807, 2.05) is 54.7 Å². The molecule has 0 bridgehead atoms. The fourth-order valence-corrected chi connectivity index (χ4v) is 5.01. The molecule has 4 N–H and O–H groups in total. The molecule has 28 heavy (non-hydrogen) atoms. The van der Waals surface area contributed by atoms with Crippen LogP contribution in [0.25, 0.3) is 21.5 Å². The van der Waals surface area contributed by atoms with Gasteiger partial charge in [0.05, 0.1) is 15.8 Å². The van der Waals surface area contributed by atoms with Crippen LogP contribution in [-0.4, -0.2) is 22.4 Å². The largest absolute Gasteiger partial charge is 0.346 e. The van der Waals surface area contributed by atoms with Gasteiger partial charge in [-0.2, -0.15) is 0 Å². The van der Waals surface area contributed by atoms with Gasteiger partial charge < -0.3 is 16.0 Å². The van der Waals surface area contributed by atoms with Crippen LogP contribution in [0.1, 0.15) is 5.56 Å². The smallest absolute Gasteiger partial charge is 0.229 e. The second-order valence-electron chi connectivity index (χ2n) is 6.50. The maximum absolute atomic E-state index is 12.8. The summed E-state index contributed by atoms with van der Waals surface area (Å²) in [5, 5.41) is 4.87. The number of nitrogens with zero attached hydrogens (tertiary/aromatic N) is 1. The second kappa shape index (κ2) is 8.26. The predicted molar refractivity (Wildman–Crippen MR) is 118 cm³/mol. The average molecular weight is 455 g/mol. The minimum absolute atomic E-state index is 0.0619. The minimum atomic E-state index is -0.274. The molecule has 0 aliphatic rings. The molecule has 0 aliphatic carbocycles. The van der Waals surface area contributed by atoms with Gasteiger partial charge in [-0.05, 0) is 46.1 Å². The molecule has 4 rings (SSSR count). The molecule has 3 aromatic heterocycles. The zero-order valence-corrected chi connectivity index (χ0v) is 17.4. The fourth-order valence-electron chi connectivity index (χ4n) is 3.18. The monoisotopic (exact) mass is 454 g/mol. The van der Waals surface area contributed by atoms with Gasteiger partial charge >= 0.3 is 0 Å². The third kappa shape index (κ3) is 3.87. The number of nitrogens with one attached hydrogen (secondary N) is 2. The number of halogens is 1. The van der Waals surface area contributed by atoms with Crippen molar-refractivity contribution in [3.63, 3.8) is 0 Å². The molecule has 1 atom stereocenters. The number of H-pyrrole nitrogens is 1. The summed E-state index contributed by atoms with van der Waals surface area (Å²) in [6.07, 6.45) is 4.28. The molecule has 0 aliphatic heterocycles. The Balaban J connectivity index is 1.55. The maximum Gasteiger partial charge on any atom is 0.229 e.